The van der Waals surface area contributed by atoms with Crippen LogP contribution in [0.4, 0.5) is 0 Å². The summed E-state index contributed by atoms with van der Waals surface area (Å²) in [6.45, 7) is 2.37. The van der Waals surface area contributed by atoms with E-state index in [-0.39, 0.29) is 11.9 Å². The number of carbonyl (C=O) groups is 1. The predicted molar refractivity (Wildman–Crippen MR) is 133 cm³/mol. The van der Waals surface area contributed by atoms with Crippen LogP contribution in [0.25, 0.3) is 22.3 Å². The second-order valence-electron chi connectivity index (χ2n) is 8.13. The van der Waals surface area contributed by atoms with Gasteiger partial charge in [-0.05, 0) is 23.1 Å². The van der Waals surface area contributed by atoms with Gasteiger partial charge in [-0.2, -0.15) is 0 Å². The third-order valence-electron chi connectivity index (χ3n) is 6.06. The minimum absolute atomic E-state index is 0.137. The quantitative estimate of drug-likeness (QED) is 0.431. The summed E-state index contributed by atoms with van der Waals surface area (Å²) in [5, 5.41) is 5.62. The highest BCUT2D eigenvalue weighted by Crippen LogP contribution is 2.40. The summed E-state index contributed by atoms with van der Waals surface area (Å²) in [6.07, 6.45) is 0.858. The lowest BCUT2D eigenvalue weighted by atomic mass is 9.96. The Morgan fingerprint density at radius 2 is 1.50 bits per heavy atom. The molecule has 1 N–H and O–H groups in total. The van der Waals surface area contributed by atoms with Crippen molar-refractivity contribution in [3.05, 3.63) is 107 Å². The molecule has 0 bridgehead atoms. The van der Waals surface area contributed by atoms with Gasteiger partial charge in [0.05, 0.1) is 0 Å². The fraction of sp³-hybridized carbons (Fsp3) is 0.179. The smallest absolute Gasteiger partial charge is 0.264 e. The third kappa shape index (κ3) is 4.24. The van der Waals surface area contributed by atoms with Crippen molar-refractivity contribution in [3.63, 3.8) is 0 Å². The molecular formula is C28H26N2OS. The molecule has 3 nitrogen and oxygen atoms in total. The first-order chi connectivity index (χ1) is 15.8. The second-order valence-corrected chi connectivity index (χ2v) is 9.01. The van der Waals surface area contributed by atoms with Gasteiger partial charge in [0, 0.05) is 42.2 Å². The van der Waals surface area contributed by atoms with Gasteiger partial charge in [0.15, 0.2) is 0 Å². The van der Waals surface area contributed by atoms with Crippen LogP contribution < -0.4 is 5.32 Å². The van der Waals surface area contributed by atoms with E-state index in [9.17, 15) is 4.79 Å². The number of benzene rings is 3. The summed E-state index contributed by atoms with van der Waals surface area (Å²) in [6, 6.07) is 31.3. The van der Waals surface area contributed by atoms with Gasteiger partial charge in [0.2, 0.25) is 0 Å². The molecule has 4 heteroatoms. The SMILES string of the molecule is O=C(c1scc(-c2ccccc2)c1-c1ccccc1)N1CCNC[C@H]1Cc1ccccc1. The molecule has 1 fully saturated rings. The Morgan fingerprint density at radius 1 is 0.875 bits per heavy atom. The van der Waals surface area contributed by atoms with Gasteiger partial charge in [0.25, 0.3) is 5.91 Å². The van der Waals surface area contributed by atoms with Crippen molar-refractivity contribution in [2.75, 3.05) is 19.6 Å². The minimum atomic E-state index is 0.137. The standard InChI is InChI=1S/C28H26N2OS/c31-28(30-17-16-29-19-24(30)18-21-10-4-1-5-11-21)27-26(23-14-8-3-9-15-23)25(20-32-27)22-12-6-2-7-13-22/h1-15,20,24,29H,16-19H2/t24-/m1/s1. The molecule has 3 aromatic carbocycles. The van der Waals surface area contributed by atoms with E-state index in [1.807, 2.05) is 30.3 Å². The van der Waals surface area contributed by atoms with Crippen LogP contribution in [0, 0.1) is 0 Å². The lowest BCUT2D eigenvalue weighted by molar-refractivity contribution is 0.0642. The maximum absolute atomic E-state index is 13.9. The second kappa shape index (κ2) is 9.51. The Morgan fingerprint density at radius 3 is 2.19 bits per heavy atom. The van der Waals surface area contributed by atoms with Gasteiger partial charge in [-0.1, -0.05) is 91.0 Å². The van der Waals surface area contributed by atoms with Gasteiger partial charge in [-0.15, -0.1) is 11.3 Å². The van der Waals surface area contributed by atoms with Gasteiger partial charge < -0.3 is 10.2 Å². The molecule has 1 atom stereocenters. The lowest BCUT2D eigenvalue weighted by Crippen LogP contribution is -2.54. The molecule has 1 aliphatic rings. The zero-order valence-electron chi connectivity index (χ0n) is 17.9. The average Bonchev–Trinajstić information content (AvgIpc) is 3.31. The van der Waals surface area contributed by atoms with Crippen LogP contribution in [0.1, 0.15) is 15.2 Å². The summed E-state index contributed by atoms with van der Waals surface area (Å²) in [5.41, 5.74) is 5.66. The summed E-state index contributed by atoms with van der Waals surface area (Å²) in [5.74, 6) is 0.137. The van der Waals surface area contributed by atoms with Gasteiger partial charge in [-0.3, -0.25) is 4.79 Å². The molecule has 160 valence electrons. The van der Waals surface area contributed by atoms with E-state index in [1.54, 1.807) is 11.3 Å². The van der Waals surface area contributed by atoms with Crippen molar-refractivity contribution in [3.8, 4) is 22.3 Å². The van der Waals surface area contributed by atoms with Gasteiger partial charge >= 0.3 is 0 Å². The third-order valence-corrected chi connectivity index (χ3v) is 7.03. The molecule has 0 spiro atoms. The summed E-state index contributed by atoms with van der Waals surface area (Å²) in [4.78, 5) is 16.9. The first-order valence-corrected chi connectivity index (χ1v) is 12.0. The maximum Gasteiger partial charge on any atom is 0.264 e. The van der Waals surface area contributed by atoms with Crippen LogP contribution in [-0.4, -0.2) is 36.5 Å². The normalized spacial score (nSPS) is 16.1. The molecule has 5 rings (SSSR count). The summed E-state index contributed by atoms with van der Waals surface area (Å²) in [7, 11) is 0. The van der Waals surface area contributed by atoms with E-state index in [0.29, 0.717) is 0 Å². The first kappa shape index (κ1) is 20.7. The maximum atomic E-state index is 13.9. The Hall–Kier alpha value is -3.21. The Labute approximate surface area is 193 Å². The number of amides is 1. The Bertz CT molecular complexity index is 1170. The van der Waals surface area contributed by atoms with E-state index in [2.05, 4.69) is 76.3 Å². The van der Waals surface area contributed by atoms with Crippen LogP contribution in [0.3, 0.4) is 0 Å². The molecule has 2 heterocycles. The highest BCUT2D eigenvalue weighted by atomic mass is 32.1. The van der Waals surface area contributed by atoms with E-state index < -0.39 is 0 Å². The number of hydrogen-bond donors (Lipinski definition) is 1. The fourth-order valence-electron chi connectivity index (χ4n) is 4.46. The number of nitrogens with zero attached hydrogens (tertiary/aromatic N) is 1. The summed E-state index contributed by atoms with van der Waals surface area (Å²) < 4.78 is 0. The number of carbonyl (C=O) groups excluding carboxylic acids is 1. The number of piperazine rings is 1. The van der Waals surface area contributed by atoms with Crippen LogP contribution in [0.2, 0.25) is 0 Å². The number of hydrogen-bond acceptors (Lipinski definition) is 3. The van der Waals surface area contributed by atoms with Gasteiger partial charge in [0.1, 0.15) is 4.88 Å². The van der Waals surface area contributed by atoms with Crippen molar-refractivity contribution in [1.82, 2.24) is 10.2 Å². The largest absolute Gasteiger partial charge is 0.332 e. The van der Waals surface area contributed by atoms with E-state index in [1.165, 1.54) is 5.56 Å². The van der Waals surface area contributed by atoms with Crippen LogP contribution >= 0.6 is 11.3 Å². The fourth-order valence-corrected chi connectivity index (χ4v) is 5.52. The van der Waals surface area contributed by atoms with Crippen molar-refractivity contribution >= 4 is 17.2 Å². The summed E-state index contributed by atoms with van der Waals surface area (Å²) >= 11 is 1.56. The average molecular weight is 439 g/mol. The molecule has 0 unspecified atom stereocenters. The molecule has 0 aliphatic carbocycles. The molecule has 1 amide bonds. The van der Waals surface area contributed by atoms with Crippen LogP contribution in [0.15, 0.2) is 96.4 Å². The van der Waals surface area contributed by atoms with E-state index in [4.69, 9.17) is 0 Å². The highest BCUT2D eigenvalue weighted by molar-refractivity contribution is 7.13. The molecular weight excluding hydrogens is 412 g/mol. The Kier molecular flexibility index (Phi) is 6.15. The van der Waals surface area contributed by atoms with Crippen molar-refractivity contribution in [2.24, 2.45) is 0 Å². The van der Waals surface area contributed by atoms with Crippen LogP contribution in [0.5, 0.6) is 0 Å². The topological polar surface area (TPSA) is 32.3 Å². The van der Waals surface area contributed by atoms with Crippen LogP contribution in [-0.2, 0) is 6.42 Å². The highest BCUT2D eigenvalue weighted by Gasteiger charge is 2.31. The zero-order valence-corrected chi connectivity index (χ0v) is 18.7. The molecule has 4 aromatic rings. The minimum Gasteiger partial charge on any atom is -0.332 e. The lowest BCUT2D eigenvalue weighted by Gasteiger charge is -2.36. The first-order valence-electron chi connectivity index (χ1n) is 11.1. The van der Waals surface area contributed by atoms with Crippen molar-refractivity contribution < 1.29 is 4.79 Å². The molecule has 1 aliphatic heterocycles. The van der Waals surface area contributed by atoms with E-state index >= 15 is 0 Å². The molecule has 1 saturated heterocycles. The molecule has 1 aromatic heterocycles. The van der Waals surface area contributed by atoms with Crippen molar-refractivity contribution in [2.45, 2.75) is 12.5 Å². The number of thiophene rings is 1. The molecule has 0 saturated carbocycles. The van der Waals surface area contributed by atoms with Crippen molar-refractivity contribution in [1.29, 1.82) is 0 Å². The molecule has 32 heavy (non-hydrogen) atoms. The Balaban J connectivity index is 1.53. The number of rotatable bonds is 5. The monoisotopic (exact) mass is 438 g/mol. The van der Waals surface area contributed by atoms with Gasteiger partial charge in [-0.25, -0.2) is 0 Å². The molecule has 0 radical (unpaired) electrons. The predicted octanol–water partition coefficient (Wildman–Crippen LogP) is 5.74. The number of nitrogens with one attached hydrogen (secondary N) is 1. The zero-order chi connectivity index (χ0) is 21.8. The van der Waals surface area contributed by atoms with E-state index in [0.717, 1.165) is 53.2 Å².